The summed E-state index contributed by atoms with van der Waals surface area (Å²) in [6, 6.07) is 2.02. The molecule has 2 heterocycles. The van der Waals surface area contributed by atoms with Crippen LogP contribution in [0.5, 0.6) is 17.2 Å². The number of carbonyl (C=O) groups is 1. The van der Waals surface area contributed by atoms with E-state index >= 15 is 0 Å². The van der Waals surface area contributed by atoms with Gasteiger partial charge in [0, 0.05) is 24.6 Å². The van der Waals surface area contributed by atoms with E-state index in [0.29, 0.717) is 17.9 Å². The van der Waals surface area contributed by atoms with Crippen molar-refractivity contribution in [2.24, 2.45) is 5.41 Å². The van der Waals surface area contributed by atoms with Gasteiger partial charge >= 0.3 is 0 Å². The summed E-state index contributed by atoms with van der Waals surface area (Å²) in [5.74, 6) is 2.24. The van der Waals surface area contributed by atoms with Gasteiger partial charge in [0.1, 0.15) is 0 Å². The zero-order chi connectivity index (χ0) is 21.5. The molecule has 0 radical (unpaired) electrons. The first-order valence-corrected chi connectivity index (χ1v) is 10.9. The number of hydrogen-bond acceptors (Lipinski definition) is 5. The van der Waals surface area contributed by atoms with Gasteiger partial charge in [0.05, 0.1) is 7.11 Å². The zero-order valence-electron chi connectivity index (χ0n) is 18.8. The van der Waals surface area contributed by atoms with Crippen molar-refractivity contribution in [1.82, 2.24) is 4.90 Å². The Morgan fingerprint density at radius 3 is 2.87 bits per heavy atom. The van der Waals surface area contributed by atoms with Gasteiger partial charge in [-0.15, -0.1) is 0 Å². The number of nitrogens with zero attached hydrogens (tertiary/aromatic N) is 1. The van der Waals surface area contributed by atoms with Crippen molar-refractivity contribution in [2.75, 3.05) is 27.5 Å². The average Bonchev–Trinajstić information content (AvgIpc) is 3.16. The molecular weight excluding hydrogens is 378 g/mol. The molecule has 1 aliphatic carbocycles. The van der Waals surface area contributed by atoms with Gasteiger partial charge in [0.15, 0.2) is 17.3 Å². The maximum Gasteiger partial charge on any atom is 0.231 e. The highest BCUT2D eigenvalue weighted by atomic mass is 16.7. The highest BCUT2D eigenvalue weighted by Crippen LogP contribution is 2.50. The average molecular weight is 412 g/mol. The monoisotopic (exact) mass is 411 g/mol. The fourth-order valence-electron chi connectivity index (χ4n) is 5.23. The number of ketones is 1. The van der Waals surface area contributed by atoms with Crippen LogP contribution in [-0.2, 0) is 11.2 Å². The molecule has 5 heteroatoms. The summed E-state index contributed by atoms with van der Waals surface area (Å²) in [6.45, 7) is 7.86. The van der Waals surface area contributed by atoms with Crippen LogP contribution in [0, 0.1) is 5.41 Å². The summed E-state index contributed by atoms with van der Waals surface area (Å²) in [6.07, 6.45) is 8.69. The Kier molecular flexibility index (Phi) is 5.67. The molecule has 0 unspecified atom stereocenters. The lowest BCUT2D eigenvalue weighted by Crippen LogP contribution is -2.33. The summed E-state index contributed by atoms with van der Waals surface area (Å²) in [5, 5.41) is 0. The summed E-state index contributed by atoms with van der Waals surface area (Å²) in [4.78, 5) is 15.3. The minimum absolute atomic E-state index is 0.0372. The van der Waals surface area contributed by atoms with Crippen molar-refractivity contribution in [3.8, 4) is 17.2 Å². The molecule has 0 saturated carbocycles. The highest BCUT2D eigenvalue weighted by Gasteiger charge is 2.35. The third kappa shape index (κ3) is 3.76. The van der Waals surface area contributed by atoms with Gasteiger partial charge in [-0.25, -0.2) is 0 Å². The molecule has 5 nitrogen and oxygen atoms in total. The molecule has 4 rings (SSSR count). The topological polar surface area (TPSA) is 48.0 Å². The quantitative estimate of drug-likeness (QED) is 0.639. The van der Waals surface area contributed by atoms with Gasteiger partial charge in [0.2, 0.25) is 12.5 Å². The smallest absolute Gasteiger partial charge is 0.231 e. The second-order valence-electron chi connectivity index (χ2n) is 9.40. The lowest BCUT2D eigenvalue weighted by atomic mass is 9.72. The summed E-state index contributed by atoms with van der Waals surface area (Å²) < 4.78 is 17.0. The van der Waals surface area contributed by atoms with E-state index in [2.05, 4.69) is 44.9 Å². The summed E-state index contributed by atoms with van der Waals surface area (Å²) in [7, 11) is 3.73. The number of carbonyl (C=O) groups excluding carboxylic acids is 1. The van der Waals surface area contributed by atoms with Crippen LogP contribution < -0.4 is 14.2 Å². The van der Waals surface area contributed by atoms with Crippen molar-refractivity contribution < 1.29 is 19.0 Å². The number of allylic oxidation sites excluding steroid dienone is 4. The first-order valence-electron chi connectivity index (χ1n) is 10.9. The number of methoxy groups -OCH3 is 1. The number of fused-ring (bicyclic) bond motifs is 2. The SMILES string of the molecule is COc1c2c(cc3c1[C@@H](CC(=O)C=CC1=C(C)CCCC1(C)C)N(C)CC3)OCO2. The molecule has 1 aromatic carbocycles. The van der Waals surface area contributed by atoms with Gasteiger partial charge in [-0.2, -0.15) is 0 Å². The Hall–Kier alpha value is -2.27. The van der Waals surface area contributed by atoms with Crippen LogP contribution in [0.1, 0.15) is 63.6 Å². The van der Waals surface area contributed by atoms with Gasteiger partial charge in [0.25, 0.3) is 0 Å². The molecule has 3 aliphatic rings. The van der Waals surface area contributed by atoms with Crippen LogP contribution in [0.25, 0.3) is 0 Å². The van der Waals surface area contributed by atoms with E-state index < -0.39 is 0 Å². The van der Waals surface area contributed by atoms with E-state index in [1.807, 2.05) is 0 Å². The van der Waals surface area contributed by atoms with E-state index in [0.717, 1.165) is 30.7 Å². The van der Waals surface area contributed by atoms with E-state index in [-0.39, 0.29) is 24.0 Å². The van der Waals surface area contributed by atoms with Gasteiger partial charge in [-0.3, -0.25) is 9.69 Å². The Bertz CT molecular complexity index is 912. The molecular formula is C25H33NO4. The predicted molar refractivity (Wildman–Crippen MR) is 117 cm³/mol. The molecule has 0 amide bonds. The fraction of sp³-hybridized carbons (Fsp3) is 0.560. The molecule has 0 spiro atoms. The number of benzene rings is 1. The first kappa shape index (κ1) is 21.0. The fourth-order valence-corrected chi connectivity index (χ4v) is 5.23. The van der Waals surface area contributed by atoms with Crippen LogP contribution in [0.4, 0.5) is 0 Å². The molecule has 1 aromatic rings. The van der Waals surface area contributed by atoms with Crippen molar-refractivity contribution >= 4 is 5.78 Å². The predicted octanol–water partition coefficient (Wildman–Crippen LogP) is 4.99. The lowest BCUT2D eigenvalue weighted by Gasteiger charge is -2.35. The number of rotatable bonds is 5. The van der Waals surface area contributed by atoms with Crippen molar-refractivity contribution in [3.63, 3.8) is 0 Å². The molecule has 162 valence electrons. The third-order valence-corrected chi connectivity index (χ3v) is 6.92. The molecule has 30 heavy (non-hydrogen) atoms. The standard InChI is InChI=1S/C25H33NO4/c1-16-7-6-11-25(2,3)19(16)9-8-18(27)14-20-22-17(10-12-26(20)4)13-21-23(24(22)28-5)30-15-29-21/h8-9,13,20H,6-7,10-12,14-15H2,1-5H3/t20-/m1/s1. The maximum absolute atomic E-state index is 13.0. The van der Waals surface area contributed by atoms with Gasteiger partial charge in [-0.1, -0.05) is 25.5 Å². The molecule has 2 aliphatic heterocycles. The van der Waals surface area contributed by atoms with E-state index in [9.17, 15) is 4.79 Å². The minimum atomic E-state index is -0.0372. The zero-order valence-corrected chi connectivity index (χ0v) is 18.8. The Morgan fingerprint density at radius 1 is 1.33 bits per heavy atom. The minimum Gasteiger partial charge on any atom is -0.492 e. The van der Waals surface area contributed by atoms with Gasteiger partial charge in [-0.05, 0) is 68.3 Å². The highest BCUT2D eigenvalue weighted by molar-refractivity contribution is 5.91. The second kappa shape index (κ2) is 8.10. The number of hydrogen-bond donors (Lipinski definition) is 0. The maximum atomic E-state index is 13.0. The Labute approximate surface area is 179 Å². The molecule has 1 atom stereocenters. The Morgan fingerprint density at radius 2 is 2.13 bits per heavy atom. The van der Waals surface area contributed by atoms with Crippen molar-refractivity contribution in [1.29, 1.82) is 0 Å². The van der Waals surface area contributed by atoms with E-state index in [1.54, 1.807) is 13.2 Å². The molecule has 0 saturated heterocycles. The molecule has 0 fully saturated rings. The summed E-state index contributed by atoms with van der Waals surface area (Å²) in [5.41, 5.74) is 5.10. The van der Waals surface area contributed by atoms with Crippen LogP contribution in [0.3, 0.4) is 0 Å². The van der Waals surface area contributed by atoms with Crippen LogP contribution in [0.15, 0.2) is 29.4 Å². The largest absolute Gasteiger partial charge is 0.492 e. The first-order chi connectivity index (χ1) is 14.3. The second-order valence-corrected chi connectivity index (χ2v) is 9.40. The van der Waals surface area contributed by atoms with Crippen molar-refractivity contribution in [3.05, 3.63) is 40.5 Å². The van der Waals surface area contributed by atoms with Crippen molar-refractivity contribution in [2.45, 2.75) is 58.9 Å². The summed E-state index contributed by atoms with van der Waals surface area (Å²) >= 11 is 0. The lowest BCUT2D eigenvalue weighted by molar-refractivity contribution is -0.115. The van der Waals surface area contributed by atoms with E-state index in [4.69, 9.17) is 14.2 Å². The van der Waals surface area contributed by atoms with Crippen LogP contribution >= 0.6 is 0 Å². The normalized spacial score (nSPS) is 23.0. The molecule has 0 N–H and O–H groups in total. The molecule has 0 aromatic heterocycles. The Balaban J connectivity index is 1.61. The third-order valence-electron chi connectivity index (χ3n) is 6.92. The van der Waals surface area contributed by atoms with Gasteiger partial charge < -0.3 is 14.2 Å². The number of likely N-dealkylation sites (N-methyl/N-ethyl adjacent to an activating group) is 1. The van der Waals surface area contributed by atoms with Crippen LogP contribution in [0.2, 0.25) is 0 Å². The molecule has 0 bridgehead atoms. The van der Waals surface area contributed by atoms with Crippen LogP contribution in [-0.4, -0.2) is 38.2 Å². The number of ether oxygens (including phenoxy) is 3. The van der Waals surface area contributed by atoms with E-state index in [1.165, 1.54) is 29.6 Å².